The zero-order valence-corrected chi connectivity index (χ0v) is 11.0. The molecule has 0 aliphatic heterocycles. The van der Waals surface area contributed by atoms with E-state index in [9.17, 15) is 0 Å². The van der Waals surface area contributed by atoms with Crippen molar-refractivity contribution in [2.75, 3.05) is 13.1 Å². The van der Waals surface area contributed by atoms with Crippen molar-refractivity contribution in [3.8, 4) is 0 Å². The number of nitrogens with one attached hydrogen (secondary N) is 1. The predicted octanol–water partition coefficient (Wildman–Crippen LogP) is 2.99. The van der Waals surface area contributed by atoms with Gasteiger partial charge in [0.15, 0.2) is 0 Å². The van der Waals surface area contributed by atoms with Crippen LogP contribution in [0.3, 0.4) is 0 Å². The Labute approximate surface area is 108 Å². The summed E-state index contributed by atoms with van der Waals surface area (Å²) in [5, 5.41) is 3.54. The molecule has 3 rings (SSSR count). The van der Waals surface area contributed by atoms with Crippen molar-refractivity contribution in [2.45, 2.75) is 32.2 Å². The molecule has 0 bridgehead atoms. The Morgan fingerprint density at radius 1 is 1.33 bits per heavy atom. The van der Waals surface area contributed by atoms with Gasteiger partial charge in [-0.15, -0.1) is 0 Å². The van der Waals surface area contributed by atoms with Gasteiger partial charge in [-0.2, -0.15) is 0 Å². The molecule has 3 heteroatoms. The van der Waals surface area contributed by atoms with Crippen LogP contribution < -0.4 is 5.32 Å². The maximum Gasteiger partial charge on any atom is 0.0961 e. The number of rotatable bonds is 5. The van der Waals surface area contributed by atoms with Crippen LogP contribution in [0.1, 0.15) is 32.2 Å². The van der Waals surface area contributed by atoms with Gasteiger partial charge < -0.3 is 9.88 Å². The summed E-state index contributed by atoms with van der Waals surface area (Å²) in [5.74, 6) is 0.772. The SMILES string of the molecule is CCCNCC1CCC1n1cnc2ccccc21. The number of para-hydroxylation sites is 2. The average Bonchev–Trinajstić information content (AvgIpc) is 2.78. The Kier molecular flexibility index (Phi) is 3.33. The van der Waals surface area contributed by atoms with Gasteiger partial charge in [-0.1, -0.05) is 19.1 Å². The standard InChI is InChI=1S/C15H21N3/c1-2-9-16-10-12-7-8-14(12)18-11-17-13-5-3-4-6-15(13)18/h3-6,11-12,14,16H,2,7-10H2,1H3. The highest BCUT2D eigenvalue weighted by molar-refractivity contribution is 5.75. The van der Waals surface area contributed by atoms with Crippen LogP contribution in [0.25, 0.3) is 11.0 Å². The molecule has 2 unspecified atom stereocenters. The summed E-state index contributed by atoms with van der Waals surface area (Å²) >= 11 is 0. The first-order chi connectivity index (χ1) is 8.90. The fraction of sp³-hybridized carbons (Fsp3) is 0.533. The van der Waals surface area contributed by atoms with Crippen molar-refractivity contribution in [3.05, 3.63) is 30.6 Å². The highest BCUT2D eigenvalue weighted by Gasteiger charge is 2.32. The summed E-state index contributed by atoms with van der Waals surface area (Å²) in [7, 11) is 0. The Morgan fingerprint density at radius 2 is 2.22 bits per heavy atom. The lowest BCUT2D eigenvalue weighted by atomic mass is 9.79. The van der Waals surface area contributed by atoms with Gasteiger partial charge in [-0.25, -0.2) is 4.98 Å². The Bertz CT molecular complexity index is 517. The van der Waals surface area contributed by atoms with Gasteiger partial charge in [0.2, 0.25) is 0 Å². The van der Waals surface area contributed by atoms with Gasteiger partial charge >= 0.3 is 0 Å². The minimum atomic E-state index is 0.641. The second-order valence-electron chi connectivity index (χ2n) is 5.25. The third-order valence-electron chi connectivity index (χ3n) is 4.05. The van der Waals surface area contributed by atoms with E-state index in [1.165, 1.54) is 24.8 Å². The number of benzene rings is 1. The minimum absolute atomic E-state index is 0.641. The maximum atomic E-state index is 4.50. The maximum absolute atomic E-state index is 4.50. The molecular weight excluding hydrogens is 222 g/mol. The van der Waals surface area contributed by atoms with Crippen molar-refractivity contribution in [3.63, 3.8) is 0 Å². The molecular formula is C15H21N3. The van der Waals surface area contributed by atoms with E-state index in [2.05, 4.69) is 46.1 Å². The first-order valence-electron chi connectivity index (χ1n) is 7.02. The molecule has 0 spiro atoms. The molecule has 1 heterocycles. The van der Waals surface area contributed by atoms with Crippen LogP contribution in [-0.2, 0) is 0 Å². The Morgan fingerprint density at radius 3 is 3.00 bits per heavy atom. The van der Waals surface area contributed by atoms with Crippen LogP contribution in [0.5, 0.6) is 0 Å². The third-order valence-corrected chi connectivity index (χ3v) is 4.05. The molecule has 3 nitrogen and oxygen atoms in total. The summed E-state index contributed by atoms with van der Waals surface area (Å²) < 4.78 is 2.37. The molecule has 2 aromatic rings. The second-order valence-corrected chi connectivity index (χ2v) is 5.25. The molecule has 18 heavy (non-hydrogen) atoms. The number of fused-ring (bicyclic) bond motifs is 1. The van der Waals surface area contributed by atoms with Crippen LogP contribution in [0, 0.1) is 5.92 Å². The van der Waals surface area contributed by atoms with Crippen molar-refractivity contribution >= 4 is 11.0 Å². The molecule has 96 valence electrons. The lowest BCUT2D eigenvalue weighted by Gasteiger charge is -2.38. The first kappa shape index (κ1) is 11.7. The molecule has 1 aliphatic rings. The molecule has 0 saturated heterocycles. The normalized spacial score (nSPS) is 23.2. The van der Waals surface area contributed by atoms with Gasteiger partial charge in [0.1, 0.15) is 0 Å². The fourth-order valence-corrected chi connectivity index (χ4v) is 2.86. The quantitative estimate of drug-likeness (QED) is 0.818. The Balaban J connectivity index is 1.74. The van der Waals surface area contributed by atoms with Crippen LogP contribution in [0.4, 0.5) is 0 Å². The minimum Gasteiger partial charge on any atom is -0.327 e. The first-order valence-corrected chi connectivity index (χ1v) is 7.02. The van der Waals surface area contributed by atoms with E-state index in [-0.39, 0.29) is 0 Å². The summed E-state index contributed by atoms with van der Waals surface area (Å²) in [6, 6.07) is 9.07. The fourth-order valence-electron chi connectivity index (χ4n) is 2.86. The number of hydrogen-bond donors (Lipinski definition) is 1. The van der Waals surface area contributed by atoms with Crippen LogP contribution in [-0.4, -0.2) is 22.6 Å². The summed E-state index contributed by atoms with van der Waals surface area (Å²) in [5.41, 5.74) is 2.40. The lowest BCUT2D eigenvalue weighted by Crippen LogP contribution is -2.36. The van der Waals surface area contributed by atoms with Crippen LogP contribution in [0.2, 0.25) is 0 Å². The van der Waals surface area contributed by atoms with Crippen molar-refractivity contribution in [1.29, 1.82) is 0 Å². The van der Waals surface area contributed by atoms with Crippen molar-refractivity contribution in [2.24, 2.45) is 5.92 Å². The highest BCUT2D eigenvalue weighted by Crippen LogP contribution is 2.39. The zero-order chi connectivity index (χ0) is 12.4. The Hall–Kier alpha value is -1.35. The number of nitrogens with zero attached hydrogens (tertiary/aromatic N) is 2. The van der Waals surface area contributed by atoms with Crippen molar-refractivity contribution in [1.82, 2.24) is 14.9 Å². The van der Waals surface area contributed by atoms with Gasteiger partial charge in [0, 0.05) is 6.04 Å². The molecule has 1 fully saturated rings. The van der Waals surface area contributed by atoms with Gasteiger partial charge in [-0.05, 0) is 50.4 Å². The van der Waals surface area contributed by atoms with Gasteiger partial charge in [-0.3, -0.25) is 0 Å². The van der Waals surface area contributed by atoms with E-state index in [0.717, 1.165) is 24.5 Å². The molecule has 1 aromatic carbocycles. The number of aromatic nitrogens is 2. The van der Waals surface area contributed by atoms with E-state index in [0.29, 0.717) is 6.04 Å². The van der Waals surface area contributed by atoms with E-state index in [4.69, 9.17) is 0 Å². The summed E-state index contributed by atoms with van der Waals surface area (Å²) in [6.45, 7) is 4.49. The number of imidazole rings is 1. The number of hydrogen-bond acceptors (Lipinski definition) is 2. The van der Waals surface area contributed by atoms with E-state index < -0.39 is 0 Å². The summed E-state index contributed by atoms with van der Waals surface area (Å²) in [6.07, 6.45) is 5.86. The van der Waals surface area contributed by atoms with Crippen LogP contribution in [0.15, 0.2) is 30.6 Å². The largest absolute Gasteiger partial charge is 0.327 e. The highest BCUT2D eigenvalue weighted by atomic mass is 15.1. The summed E-state index contributed by atoms with van der Waals surface area (Å²) in [4.78, 5) is 4.50. The molecule has 2 atom stereocenters. The molecule has 1 saturated carbocycles. The predicted molar refractivity (Wildman–Crippen MR) is 74.7 cm³/mol. The van der Waals surface area contributed by atoms with Gasteiger partial charge in [0.05, 0.1) is 17.4 Å². The molecule has 1 aromatic heterocycles. The van der Waals surface area contributed by atoms with Crippen LogP contribution >= 0.6 is 0 Å². The zero-order valence-electron chi connectivity index (χ0n) is 11.0. The monoisotopic (exact) mass is 243 g/mol. The van der Waals surface area contributed by atoms with Crippen molar-refractivity contribution < 1.29 is 0 Å². The topological polar surface area (TPSA) is 29.9 Å². The third kappa shape index (κ3) is 2.03. The van der Waals surface area contributed by atoms with Gasteiger partial charge in [0.25, 0.3) is 0 Å². The average molecular weight is 243 g/mol. The molecule has 1 aliphatic carbocycles. The van der Waals surface area contributed by atoms with E-state index in [1.54, 1.807) is 0 Å². The molecule has 1 N–H and O–H groups in total. The lowest BCUT2D eigenvalue weighted by molar-refractivity contribution is 0.181. The van der Waals surface area contributed by atoms with E-state index >= 15 is 0 Å². The molecule has 0 radical (unpaired) electrons. The molecule has 0 amide bonds. The second kappa shape index (κ2) is 5.11. The van der Waals surface area contributed by atoms with E-state index in [1.807, 2.05) is 6.33 Å². The smallest absolute Gasteiger partial charge is 0.0961 e.